The highest BCUT2D eigenvalue weighted by Crippen LogP contribution is 2.07. The second-order valence-electron chi connectivity index (χ2n) is 3.03. The average molecular weight is 191 g/mol. The largest absolute Gasteiger partial charge is 0.618 e. The Morgan fingerprint density at radius 1 is 1.57 bits per heavy atom. The lowest BCUT2D eigenvalue weighted by Gasteiger charge is -2.01. The fourth-order valence-corrected chi connectivity index (χ4v) is 1.18. The Hall–Kier alpha value is -1.64. The van der Waals surface area contributed by atoms with Gasteiger partial charge in [-0.25, -0.2) is 0 Å². The zero-order valence-electron chi connectivity index (χ0n) is 8.36. The van der Waals surface area contributed by atoms with E-state index < -0.39 is 0 Å². The van der Waals surface area contributed by atoms with E-state index >= 15 is 0 Å². The van der Waals surface area contributed by atoms with E-state index in [0.717, 1.165) is 4.73 Å². The number of nitrogens with zero attached hydrogens (tertiary/aromatic N) is 1. The molecule has 0 saturated carbocycles. The third-order valence-corrected chi connectivity index (χ3v) is 2.01. The summed E-state index contributed by atoms with van der Waals surface area (Å²) in [5, 5.41) is 11.3. The molecule has 0 unspecified atom stereocenters. The molecule has 0 aromatic carbocycles. The molecule has 0 aliphatic carbocycles. The van der Waals surface area contributed by atoms with Crippen LogP contribution in [-0.4, -0.2) is 5.78 Å². The maximum Gasteiger partial charge on any atom is 0.216 e. The van der Waals surface area contributed by atoms with Gasteiger partial charge in [-0.15, -0.1) is 0 Å². The molecule has 0 spiro atoms. The minimum Gasteiger partial charge on any atom is -0.618 e. The number of Topliss-reactive ketones (excluding diaryl/α,β-unsaturated/α-hetero) is 1. The van der Waals surface area contributed by atoms with E-state index in [0.29, 0.717) is 17.7 Å². The van der Waals surface area contributed by atoms with Gasteiger partial charge in [0, 0.05) is 23.8 Å². The maximum absolute atomic E-state index is 11.3. The molecule has 0 N–H and O–H groups in total. The summed E-state index contributed by atoms with van der Waals surface area (Å²) >= 11 is 0. The molecule has 0 fully saturated rings. The van der Waals surface area contributed by atoms with E-state index in [9.17, 15) is 10.0 Å². The van der Waals surface area contributed by atoms with Gasteiger partial charge in [0.15, 0.2) is 12.0 Å². The van der Waals surface area contributed by atoms with Gasteiger partial charge in [0.05, 0.1) is 0 Å². The summed E-state index contributed by atoms with van der Waals surface area (Å²) in [7, 11) is 0. The number of aromatic nitrogens is 1. The molecule has 0 amide bonds. The Balaban J connectivity index is 3.07. The first-order valence-corrected chi connectivity index (χ1v) is 4.55. The van der Waals surface area contributed by atoms with Gasteiger partial charge in [0.1, 0.15) is 0 Å². The number of carbonyl (C=O) groups is 1. The van der Waals surface area contributed by atoms with Gasteiger partial charge < -0.3 is 5.21 Å². The van der Waals surface area contributed by atoms with Gasteiger partial charge in [-0.05, 0) is 19.4 Å². The van der Waals surface area contributed by atoms with Crippen molar-refractivity contribution in [3.63, 3.8) is 0 Å². The molecule has 14 heavy (non-hydrogen) atoms. The maximum atomic E-state index is 11.3. The number of ketones is 1. The fraction of sp³-hybridized carbons (Fsp3) is 0.273. The van der Waals surface area contributed by atoms with Crippen LogP contribution in [-0.2, 0) is 4.79 Å². The summed E-state index contributed by atoms with van der Waals surface area (Å²) in [4.78, 5) is 11.1. The van der Waals surface area contributed by atoms with Crippen LogP contribution in [0.4, 0.5) is 0 Å². The van der Waals surface area contributed by atoms with Crippen molar-refractivity contribution in [1.82, 2.24) is 0 Å². The molecule has 0 bridgehead atoms. The number of hydrogen-bond acceptors (Lipinski definition) is 2. The van der Waals surface area contributed by atoms with Crippen LogP contribution in [0.25, 0.3) is 6.08 Å². The smallest absolute Gasteiger partial charge is 0.216 e. The Morgan fingerprint density at radius 3 is 2.79 bits per heavy atom. The topological polar surface area (TPSA) is 44.0 Å². The van der Waals surface area contributed by atoms with E-state index in [2.05, 4.69) is 0 Å². The van der Waals surface area contributed by atoms with Crippen molar-refractivity contribution >= 4 is 11.9 Å². The molecule has 1 aromatic heterocycles. The molecule has 0 atom stereocenters. The van der Waals surface area contributed by atoms with E-state index in [1.165, 1.54) is 13.1 Å². The van der Waals surface area contributed by atoms with Crippen LogP contribution in [0.3, 0.4) is 0 Å². The van der Waals surface area contributed by atoms with Crippen LogP contribution >= 0.6 is 0 Å². The normalized spacial score (nSPS) is 11.4. The van der Waals surface area contributed by atoms with Crippen LogP contribution in [0.2, 0.25) is 0 Å². The minimum absolute atomic E-state index is 0.0105. The molecule has 1 heterocycles. The Kier molecular flexibility index (Phi) is 3.40. The first-order chi connectivity index (χ1) is 6.65. The lowest BCUT2D eigenvalue weighted by atomic mass is 10.1. The predicted molar refractivity (Wildman–Crippen MR) is 54.4 cm³/mol. The summed E-state index contributed by atoms with van der Waals surface area (Å²) in [6.07, 6.45) is 3.69. The van der Waals surface area contributed by atoms with Gasteiger partial charge in [-0.2, -0.15) is 4.73 Å². The minimum atomic E-state index is 0.0105. The van der Waals surface area contributed by atoms with Gasteiger partial charge in [-0.1, -0.05) is 6.92 Å². The molecule has 0 aliphatic heterocycles. The van der Waals surface area contributed by atoms with Crippen molar-refractivity contribution in [2.75, 3.05) is 0 Å². The number of allylic oxidation sites excluding steroid dienone is 1. The van der Waals surface area contributed by atoms with Crippen molar-refractivity contribution in [1.29, 1.82) is 0 Å². The van der Waals surface area contributed by atoms with Crippen molar-refractivity contribution in [3.8, 4) is 0 Å². The van der Waals surface area contributed by atoms with Crippen LogP contribution in [0, 0.1) is 5.21 Å². The quantitative estimate of drug-likeness (QED) is 0.414. The Labute approximate surface area is 83.3 Å². The summed E-state index contributed by atoms with van der Waals surface area (Å²) in [5.41, 5.74) is 1.17. The van der Waals surface area contributed by atoms with Crippen molar-refractivity contribution in [3.05, 3.63) is 40.9 Å². The molecule has 1 rings (SSSR count). The Morgan fingerprint density at radius 2 is 2.29 bits per heavy atom. The van der Waals surface area contributed by atoms with Gasteiger partial charge in [0.25, 0.3) is 0 Å². The first-order valence-electron chi connectivity index (χ1n) is 4.55. The SMILES string of the molecule is CC/C(=C\c1cccc[n+]1[O-])C(C)=O. The molecule has 0 radical (unpaired) electrons. The molecule has 74 valence electrons. The number of carbonyl (C=O) groups excluding carboxylic acids is 1. The monoisotopic (exact) mass is 191 g/mol. The third kappa shape index (κ3) is 2.42. The third-order valence-electron chi connectivity index (χ3n) is 2.01. The first kappa shape index (κ1) is 10.4. The number of rotatable bonds is 3. The van der Waals surface area contributed by atoms with Crippen molar-refractivity contribution in [2.45, 2.75) is 20.3 Å². The number of pyridine rings is 1. The molecular formula is C11H13NO2. The van der Waals surface area contributed by atoms with E-state index in [-0.39, 0.29) is 5.78 Å². The average Bonchev–Trinajstić information content (AvgIpc) is 2.16. The zero-order chi connectivity index (χ0) is 10.6. The molecule has 0 saturated heterocycles. The van der Waals surface area contributed by atoms with Crippen LogP contribution < -0.4 is 4.73 Å². The van der Waals surface area contributed by atoms with Gasteiger partial charge in [-0.3, -0.25) is 4.79 Å². The number of hydrogen-bond donors (Lipinski definition) is 0. The summed E-state index contributed by atoms with van der Waals surface area (Å²) < 4.78 is 0.749. The van der Waals surface area contributed by atoms with E-state index in [1.54, 1.807) is 24.3 Å². The lowest BCUT2D eigenvalue weighted by Crippen LogP contribution is -2.28. The summed E-state index contributed by atoms with van der Waals surface area (Å²) in [6.45, 7) is 3.40. The summed E-state index contributed by atoms with van der Waals surface area (Å²) in [6, 6.07) is 5.11. The highest BCUT2D eigenvalue weighted by Gasteiger charge is 2.05. The highest BCUT2D eigenvalue weighted by atomic mass is 16.5. The van der Waals surface area contributed by atoms with Gasteiger partial charge >= 0.3 is 0 Å². The van der Waals surface area contributed by atoms with Crippen LogP contribution in [0.15, 0.2) is 30.0 Å². The van der Waals surface area contributed by atoms with Gasteiger partial charge in [0.2, 0.25) is 5.69 Å². The van der Waals surface area contributed by atoms with Crippen LogP contribution in [0.1, 0.15) is 26.0 Å². The second kappa shape index (κ2) is 4.56. The lowest BCUT2D eigenvalue weighted by molar-refractivity contribution is -0.607. The standard InChI is InChI=1S/C11H13NO2/c1-3-10(9(2)13)8-11-6-4-5-7-12(11)14/h4-8H,3H2,1-2H3/b10-8+. The molecule has 3 nitrogen and oxygen atoms in total. The zero-order valence-corrected chi connectivity index (χ0v) is 8.36. The van der Waals surface area contributed by atoms with E-state index in [4.69, 9.17) is 0 Å². The summed E-state index contributed by atoms with van der Waals surface area (Å²) in [5.74, 6) is 0.0105. The Bertz CT molecular complexity index is 369. The molecule has 1 aromatic rings. The molecular weight excluding hydrogens is 178 g/mol. The van der Waals surface area contributed by atoms with Crippen LogP contribution in [0.5, 0.6) is 0 Å². The highest BCUT2D eigenvalue weighted by molar-refractivity contribution is 5.97. The van der Waals surface area contributed by atoms with E-state index in [1.807, 2.05) is 6.92 Å². The second-order valence-corrected chi connectivity index (χ2v) is 3.03. The molecule has 3 heteroatoms. The van der Waals surface area contributed by atoms with Crippen molar-refractivity contribution in [2.24, 2.45) is 0 Å². The van der Waals surface area contributed by atoms with Crippen molar-refractivity contribution < 1.29 is 9.52 Å². The molecule has 0 aliphatic rings. The fourth-order valence-electron chi connectivity index (χ4n) is 1.18. The predicted octanol–water partition coefficient (Wildman–Crippen LogP) is 1.70.